The van der Waals surface area contributed by atoms with Crippen LogP contribution in [0, 0.1) is 0 Å². The molecule has 0 amide bonds. The molecular weight excluding hydrogens is 272 g/mol. The van der Waals surface area contributed by atoms with Gasteiger partial charge in [0, 0.05) is 24.8 Å². The third kappa shape index (κ3) is 2.64. The lowest BCUT2D eigenvalue weighted by atomic mass is 10.0. The molecule has 1 saturated heterocycles. The summed E-state index contributed by atoms with van der Waals surface area (Å²) in [5.74, 6) is 0.888. The number of imidazole rings is 1. The summed E-state index contributed by atoms with van der Waals surface area (Å²) in [5.41, 5.74) is 3.43. The van der Waals surface area contributed by atoms with Crippen LogP contribution >= 0.6 is 0 Å². The minimum atomic E-state index is 0.487. The van der Waals surface area contributed by atoms with E-state index in [-0.39, 0.29) is 0 Å². The zero-order chi connectivity index (χ0) is 14.8. The molecule has 0 unspecified atom stereocenters. The van der Waals surface area contributed by atoms with Crippen molar-refractivity contribution in [3.05, 3.63) is 54.6 Å². The second-order valence-corrected chi connectivity index (χ2v) is 5.84. The van der Waals surface area contributed by atoms with Crippen molar-refractivity contribution in [1.82, 2.24) is 9.97 Å². The van der Waals surface area contributed by atoms with Gasteiger partial charge in [-0.1, -0.05) is 30.3 Å². The van der Waals surface area contributed by atoms with E-state index >= 15 is 0 Å². The molecule has 3 aromatic rings. The van der Waals surface area contributed by atoms with Gasteiger partial charge in [-0.15, -0.1) is 0 Å². The van der Waals surface area contributed by atoms with Gasteiger partial charge in [-0.25, -0.2) is 4.98 Å². The minimum absolute atomic E-state index is 0.487. The number of rotatable bonds is 3. The third-order valence-corrected chi connectivity index (χ3v) is 4.35. The molecule has 0 bridgehead atoms. The summed E-state index contributed by atoms with van der Waals surface area (Å²) in [7, 11) is 0. The monoisotopic (exact) mass is 292 g/mol. The van der Waals surface area contributed by atoms with Gasteiger partial charge in [-0.2, -0.15) is 0 Å². The van der Waals surface area contributed by atoms with Gasteiger partial charge in [0.25, 0.3) is 0 Å². The quantitative estimate of drug-likeness (QED) is 0.774. The number of hydrogen-bond acceptors (Lipinski definition) is 3. The molecule has 112 valence electrons. The van der Waals surface area contributed by atoms with Crippen molar-refractivity contribution in [2.45, 2.75) is 18.9 Å². The zero-order valence-electron chi connectivity index (χ0n) is 12.5. The fraction of sp³-hybridized carbons (Fsp3) is 0.278. The maximum Gasteiger partial charge on any atom is 0.201 e. The molecule has 2 aromatic carbocycles. The van der Waals surface area contributed by atoms with E-state index in [2.05, 4.69) is 56.6 Å². The third-order valence-electron chi connectivity index (χ3n) is 4.35. The number of para-hydroxylation sites is 3. The summed E-state index contributed by atoms with van der Waals surface area (Å²) in [6, 6.07) is 19.3. The Balaban J connectivity index is 1.39. The largest absolute Gasteiger partial charge is 0.371 e. The highest BCUT2D eigenvalue weighted by atomic mass is 15.2. The Morgan fingerprint density at radius 1 is 0.955 bits per heavy atom. The van der Waals surface area contributed by atoms with Crippen LogP contribution in [0.5, 0.6) is 0 Å². The Hall–Kier alpha value is -2.49. The molecule has 0 atom stereocenters. The number of benzene rings is 2. The number of nitrogens with zero attached hydrogens (tertiary/aromatic N) is 2. The van der Waals surface area contributed by atoms with Crippen LogP contribution in [-0.4, -0.2) is 29.1 Å². The van der Waals surface area contributed by atoms with Gasteiger partial charge in [-0.05, 0) is 37.1 Å². The van der Waals surface area contributed by atoms with Crippen LogP contribution in [0.25, 0.3) is 11.0 Å². The van der Waals surface area contributed by atoms with Gasteiger partial charge in [0.15, 0.2) is 0 Å². The lowest BCUT2D eigenvalue weighted by Gasteiger charge is -2.33. The molecule has 4 heteroatoms. The number of aromatic nitrogens is 2. The Morgan fingerprint density at radius 3 is 2.45 bits per heavy atom. The average molecular weight is 292 g/mol. The highest BCUT2D eigenvalue weighted by Gasteiger charge is 2.20. The minimum Gasteiger partial charge on any atom is -0.371 e. The van der Waals surface area contributed by atoms with Crippen molar-refractivity contribution in [3.8, 4) is 0 Å². The second kappa shape index (κ2) is 5.72. The molecule has 1 aliphatic rings. The van der Waals surface area contributed by atoms with Gasteiger partial charge in [0.1, 0.15) is 0 Å². The number of piperidine rings is 1. The summed E-state index contributed by atoms with van der Waals surface area (Å²) < 4.78 is 0. The first-order valence-electron chi connectivity index (χ1n) is 7.90. The molecule has 4 rings (SSSR count). The molecule has 0 aliphatic carbocycles. The summed E-state index contributed by atoms with van der Waals surface area (Å²) in [4.78, 5) is 10.4. The predicted octanol–water partition coefficient (Wildman–Crippen LogP) is 3.64. The topological polar surface area (TPSA) is 44.0 Å². The van der Waals surface area contributed by atoms with E-state index in [0.29, 0.717) is 6.04 Å². The first-order chi connectivity index (χ1) is 10.9. The highest BCUT2D eigenvalue weighted by molar-refractivity contribution is 5.77. The Kier molecular flexibility index (Phi) is 3.43. The van der Waals surface area contributed by atoms with Crippen molar-refractivity contribution >= 4 is 22.7 Å². The lowest BCUT2D eigenvalue weighted by molar-refractivity contribution is 0.524. The molecule has 0 saturated carbocycles. The van der Waals surface area contributed by atoms with Crippen LogP contribution in [0.1, 0.15) is 12.8 Å². The van der Waals surface area contributed by atoms with Gasteiger partial charge in [-0.3, -0.25) is 0 Å². The summed E-state index contributed by atoms with van der Waals surface area (Å²) >= 11 is 0. The van der Waals surface area contributed by atoms with E-state index in [4.69, 9.17) is 0 Å². The van der Waals surface area contributed by atoms with E-state index in [1.807, 2.05) is 18.2 Å². The lowest BCUT2D eigenvalue weighted by Crippen LogP contribution is -2.39. The fourth-order valence-electron chi connectivity index (χ4n) is 3.14. The van der Waals surface area contributed by atoms with Gasteiger partial charge in [0.2, 0.25) is 5.95 Å². The van der Waals surface area contributed by atoms with Crippen LogP contribution < -0.4 is 10.2 Å². The number of nitrogens with one attached hydrogen (secondary N) is 2. The first-order valence-corrected chi connectivity index (χ1v) is 7.90. The van der Waals surface area contributed by atoms with Crippen LogP contribution in [0.3, 0.4) is 0 Å². The molecule has 2 heterocycles. The van der Waals surface area contributed by atoms with Crippen LogP contribution in [0.2, 0.25) is 0 Å². The number of anilines is 2. The first kappa shape index (κ1) is 13.2. The Morgan fingerprint density at radius 2 is 1.68 bits per heavy atom. The van der Waals surface area contributed by atoms with E-state index in [9.17, 15) is 0 Å². The average Bonchev–Trinajstić information content (AvgIpc) is 2.98. The predicted molar refractivity (Wildman–Crippen MR) is 91.4 cm³/mol. The van der Waals surface area contributed by atoms with Crippen molar-refractivity contribution in [1.29, 1.82) is 0 Å². The molecule has 22 heavy (non-hydrogen) atoms. The number of H-pyrrole nitrogens is 1. The maximum absolute atomic E-state index is 4.60. The van der Waals surface area contributed by atoms with Gasteiger partial charge >= 0.3 is 0 Å². The van der Waals surface area contributed by atoms with E-state index in [1.165, 1.54) is 5.69 Å². The molecule has 1 aliphatic heterocycles. The maximum atomic E-state index is 4.60. The molecular formula is C18H20N4. The second-order valence-electron chi connectivity index (χ2n) is 5.84. The van der Waals surface area contributed by atoms with Gasteiger partial charge < -0.3 is 15.2 Å². The van der Waals surface area contributed by atoms with Crippen LogP contribution in [0.15, 0.2) is 54.6 Å². The fourth-order valence-corrected chi connectivity index (χ4v) is 3.14. The summed E-state index contributed by atoms with van der Waals surface area (Å²) in [6.07, 6.45) is 2.26. The van der Waals surface area contributed by atoms with E-state index in [0.717, 1.165) is 42.9 Å². The molecule has 1 aromatic heterocycles. The SMILES string of the molecule is c1ccc(N2CCC(Nc3nc4ccccc4[nH]3)CC2)cc1. The smallest absolute Gasteiger partial charge is 0.201 e. The number of hydrogen-bond donors (Lipinski definition) is 2. The highest BCUT2D eigenvalue weighted by Crippen LogP contribution is 2.22. The zero-order valence-corrected chi connectivity index (χ0v) is 12.5. The Labute approximate surface area is 130 Å². The van der Waals surface area contributed by atoms with Crippen molar-refractivity contribution < 1.29 is 0 Å². The normalized spacial score (nSPS) is 16.1. The van der Waals surface area contributed by atoms with Gasteiger partial charge in [0.05, 0.1) is 11.0 Å². The van der Waals surface area contributed by atoms with Crippen molar-refractivity contribution in [3.63, 3.8) is 0 Å². The summed E-state index contributed by atoms with van der Waals surface area (Å²) in [5, 5.41) is 3.55. The number of fused-ring (bicyclic) bond motifs is 1. The molecule has 0 spiro atoms. The van der Waals surface area contributed by atoms with Crippen molar-refractivity contribution in [2.75, 3.05) is 23.3 Å². The molecule has 4 nitrogen and oxygen atoms in total. The standard InChI is InChI=1S/C18H20N4/c1-2-6-15(7-3-1)22-12-10-14(11-13-22)19-18-20-16-8-4-5-9-17(16)21-18/h1-9,14H,10-13H2,(H2,19,20,21). The van der Waals surface area contributed by atoms with Crippen LogP contribution in [0.4, 0.5) is 11.6 Å². The van der Waals surface area contributed by atoms with Crippen LogP contribution in [-0.2, 0) is 0 Å². The van der Waals surface area contributed by atoms with E-state index in [1.54, 1.807) is 0 Å². The molecule has 1 fully saturated rings. The Bertz CT molecular complexity index is 709. The molecule has 0 radical (unpaired) electrons. The summed E-state index contributed by atoms with van der Waals surface area (Å²) in [6.45, 7) is 2.17. The van der Waals surface area contributed by atoms with E-state index < -0.39 is 0 Å². The number of aromatic amines is 1. The van der Waals surface area contributed by atoms with Crippen molar-refractivity contribution in [2.24, 2.45) is 0 Å². The molecule has 2 N–H and O–H groups in total.